The summed E-state index contributed by atoms with van der Waals surface area (Å²) in [6.45, 7) is 2.41. The van der Waals surface area contributed by atoms with Gasteiger partial charge in [0.1, 0.15) is 5.76 Å². The van der Waals surface area contributed by atoms with Crippen LogP contribution in [0, 0.1) is 0 Å². The summed E-state index contributed by atoms with van der Waals surface area (Å²) in [5.41, 5.74) is 1.13. The highest BCUT2D eigenvalue weighted by atomic mass is 79.9. The van der Waals surface area contributed by atoms with Crippen LogP contribution in [-0.2, 0) is 0 Å². The number of benzene rings is 1. The lowest BCUT2D eigenvalue weighted by molar-refractivity contribution is -1.05. The molecule has 3 N–H and O–H groups in total. The van der Waals surface area contributed by atoms with Gasteiger partial charge in [0.05, 0.1) is 20.1 Å². The monoisotopic (exact) mass is 322 g/mol. The van der Waals surface area contributed by atoms with E-state index in [1.807, 2.05) is 12.1 Å². The minimum absolute atomic E-state index is 0.401. The van der Waals surface area contributed by atoms with Crippen LogP contribution in [-0.4, -0.2) is 20.1 Å². The largest absolute Gasteiger partial charge is 0.448 e. The molecule has 0 bridgehead atoms. The zero-order chi connectivity index (χ0) is 13.2. The summed E-state index contributed by atoms with van der Waals surface area (Å²) in [4.78, 5) is 1.52. The van der Waals surface area contributed by atoms with Gasteiger partial charge in [-0.05, 0) is 24.3 Å². The van der Waals surface area contributed by atoms with Crippen LogP contribution in [0.1, 0.15) is 18.3 Å². The highest BCUT2D eigenvalue weighted by Crippen LogP contribution is 2.24. The van der Waals surface area contributed by atoms with Gasteiger partial charge in [0.2, 0.25) is 5.76 Å². The summed E-state index contributed by atoms with van der Waals surface area (Å²) < 4.78 is 7.14. The first-order valence-corrected chi connectivity index (χ1v) is 7.54. The molecule has 0 amide bonds. The molecule has 19 heavy (non-hydrogen) atoms. The van der Waals surface area contributed by atoms with Crippen molar-refractivity contribution in [2.75, 3.05) is 20.1 Å². The zero-order valence-electron chi connectivity index (χ0n) is 11.0. The van der Waals surface area contributed by atoms with Crippen LogP contribution in [0.2, 0.25) is 0 Å². The molecule has 1 fully saturated rings. The summed E-state index contributed by atoms with van der Waals surface area (Å²) in [5, 5.41) is 2.38. The fourth-order valence-corrected chi connectivity index (χ4v) is 2.93. The van der Waals surface area contributed by atoms with Crippen LogP contribution in [0.3, 0.4) is 0 Å². The van der Waals surface area contributed by atoms with Crippen LogP contribution in [0.15, 0.2) is 45.3 Å². The Hall–Kier alpha value is -1.10. The smallest absolute Gasteiger partial charge is 0.271 e. The standard InChI is InChI=1S/C15H17BrN2O/c1-18-10-2-9-17-15(18)14-8-7-13(19-14)11-3-5-12(16)6-4-11/h3-8,15,17H,2,9-10H2,1H3/p+2/t15-/m0/s1. The lowest BCUT2D eigenvalue weighted by atomic mass is 10.2. The number of hydrogen-bond acceptors (Lipinski definition) is 1. The summed E-state index contributed by atoms with van der Waals surface area (Å²) in [6.07, 6.45) is 1.68. The van der Waals surface area contributed by atoms with E-state index in [1.165, 1.54) is 24.4 Å². The molecule has 1 aliphatic heterocycles. The van der Waals surface area contributed by atoms with Gasteiger partial charge in [-0.25, -0.2) is 0 Å². The van der Waals surface area contributed by atoms with Crippen molar-refractivity contribution in [2.24, 2.45) is 0 Å². The van der Waals surface area contributed by atoms with Gasteiger partial charge in [-0.2, -0.15) is 0 Å². The lowest BCUT2D eigenvalue weighted by Crippen LogP contribution is -3.23. The van der Waals surface area contributed by atoms with Gasteiger partial charge in [-0.3, -0.25) is 10.2 Å². The first-order valence-electron chi connectivity index (χ1n) is 6.75. The van der Waals surface area contributed by atoms with E-state index in [-0.39, 0.29) is 0 Å². The predicted octanol–water partition coefficient (Wildman–Crippen LogP) is 1.19. The molecule has 2 heterocycles. The van der Waals surface area contributed by atoms with Crippen LogP contribution < -0.4 is 10.2 Å². The number of halogens is 1. The molecule has 4 heteroatoms. The Morgan fingerprint density at radius 1 is 1.21 bits per heavy atom. The maximum absolute atomic E-state index is 6.05. The Labute approximate surface area is 121 Å². The highest BCUT2D eigenvalue weighted by Gasteiger charge is 2.30. The third-order valence-corrected chi connectivity index (χ3v) is 4.30. The van der Waals surface area contributed by atoms with Gasteiger partial charge < -0.3 is 4.42 Å². The SMILES string of the molecule is C[NH+]1CCC[NH2+][C@@H]1c1ccc(-c2ccc(Br)cc2)o1. The number of quaternary nitrogens is 2. The van der Waals surface area contributed by atoms with Crippen LogP contribution in [0.5, 0.6) is 0 Å². The van der Waals surface area contributed by atoms with Crippen LogP contribution in [0.25, 0.3) is 11.3 Å². The molecule has 1 aromatic carbocycles. The second kappa shape index (κ2) is 5.49. The predicted molar refractivity (Wildman–Crippen MR) is 77.7 cm³/mol. The Kier molecular flexibility index (Phi) is 3.73. The molecule has 0 radical (unpaired) electrons. The van der Waals surface area contributed by atoms with Gasteiger partial charge in [-0.15, -0.1) is 0 Å². The quantitative estimate of drug-likeness (QED) is 0.855. The molecule has 2 aromatic rings. The molecule has 1 aliphatic rings. The topological polar surface area (TPSA) is 34.2 Å². The van der Waals surface area contributed by atoms with Crippen molar-refractivity contribution in [2.45, 2.75) is 12.6 Å². The first kappa shape index (κ1) is 12.9. The van der Waals surface area contributed by atoms with E-state index in [2.05, 4.69) is 52.6 Å². The molecule has 0 spiro atoms. The maximum atomic E-state index is 6.05. The molecular formula is C15H19BrN2O+2. The van der Waals surface area contributed by atoms with Gasteiger partial charge in [0.25, 0.3) is 6.17 Å². The Morgan fingerprint density at radius 3 is 2.74 bits per heavy atom. The summed E-state index contributed by atoms with van der Waals surface area (Å²) in [7, 11) is 2.24. The van der Waals surface area contributed by atoms with Gasteiger partial charge in [0.15, 0.2) is 0 Å². The third-order valence-electron chi connectivity index (χ3n) is 3.77. The first-order chi connectivity index (χ1) is 9.24. The molecule has 3 rings (SSSR count). The third kappa shape index (κ3) is 2.76. The average molecular weight is 323 g/mol. The van der Waals surface area contributed by atoms with Crippen molar-refractivity contribution in [1.29, 1.82) is 0 Å². The van der Waals surface area contributed by atoms with Gasteiger partial charge >= 0.3 is 0 Å². The minimum atomic E-state index is 0.401. The van der Waals surface area contributed by atoms with Crippen molar-refractivity contribution in [3.8, 4) is 11.3 Å². The molecule has 3 nitrogen and oxygen atoms in total. The summed E-state index contributed by atoms with van der Waals surface area (Å²) in [5.74, 6) is 2.03. The molecule has 0 saturated carbocycles. The Morgan fingerprint density at radius 2 is 2.00 bits per heavy atom. The fraction of sp³-hybridized carbons (Fsp3) is 0.333. The minimum Gasteiger partial charge on any atom is -0.448 e. The Balaban J connectivity index is 1.84. The van der Waals surface area contributed by atoms with Gasteiger partial charge in [0, 0.05) is 16.5 Å². The van der Waals surface area contributed by atoms with Gasteiger partial charge in [-0.1, -0.05) is 28.1 Å². The number of nitrogens with one attached hydrogen (secondary N) is 1. The molecule has 2 atom stereocenters. The number of nitrogens with two attached hydrogens (primary N) is 1. The van der Waals surface area contributed by atoms with E-state index in [9.17, 15) is 0 Å². The van der Waals surface area contributed by atoms with Crippen molar-refractivity contribution in [3.05, 3.63) is 46.6 Å². The molecule has 1 unspecified atom stereocenters. The zero-order valence-corrected chi connectivity index (χ0v) is 12.6. The normalized spacial score (nSPS) is 23.5. The molecule has 100 valence electrons. The number of hydrogen-bond donors (Lipinski definition) is 2. The molecule has 0 aliphatic carbocycles. The Bertz CT molecular complexity index is 550. The van der Waals surface area contributed by atoms with E-state index >= 15 is 0 Å². The van der Waals surface area contributed by atoms with E-state index in [4.69, 9.17) is 4.42 Å². The van der Waals surface area contributed by atoms with E-state index in [1.54, 1.807) is 0 Å². The van der Waals surface area contributed by atoms with Crippen molar-refractivity contribution < 1.29 is 14.6 Å². The lowest BCUT2D eigenvalue weighted by Gasteiger charge is -2.25. The van der Waals surface area contributed by atoms with E-state index in [0.29, 0.717) is 6.17 Å². The summed E-state index contributed by atoms with van der Waals surface area (Å²) in [6, 6.07) is 12.4. The van der Waals surface area contributed by atoms with Crippen molar-refractivity contribution in [3.63, 3.8) is 0 Å². The maximum Gasteiger partial charge on any atom is 0.271 e. The van der Waals surface area contributed by atoms with E-state index in [0.717, 1.165) is 21.6 Å². The van der Waals surface area contributed by atoms with Crippen LogP contribution >= 0.6 is 15.9 Å². The number of rotatable bonds is 2. The number of furan rings is 1. The second-order valence-corrected chi connectivity index (χ2v) is 6.08. The van der Waals surface area contributed by atoms with E-state index < -0.39 is 0 Å². The molecule has 1 saturated heterocycles. The average Bonchev–Trinajstić information content (AvgIpc) is 2.89. The molecular weight excluding hydrogens is 304 g/mol. The van der Waals surface area contributed by atoms with Crippen molar-refractivity contribution in [1.82, 2.24) is 0 Å². The fourth-order valence-electron chi connectivity index (χ4n) is 2.67. The van der Waals surface area contributed by atoms with Crippen molar-refractivity contribution >= 4 is 15.9 Å². The summed E-state index contributed by atoms with van der Waals surface area (Å²) >= 11 is 3.45. The molecule has 1 aromatic heterocycles. The van der Waals surface area contributed by atoms with Crippen LogP contribution in [0.4, 0.5) is 0 Å². The highest BCUT2D eigenvalue weighted by molar-refractivity contribution is 9.10. The second-order valence-electron chi connectivity index (χ2n) is 5.16.